The number of hydrogen-bond acceptors (Lipinski definition) is 3. The number of benzene rings is 1. The zero-order valence-corrected chi connectivity index (χ0v) is 12.9. The molecule has 104 valence electrons. The Hall–Kier alpha value is -0.580. The highest BCUT2D eigenvalue weighted by atomic mass is 79.9. The summed E-state index contributed by atoms with van der Waals surface area (Å²) in [5.74, 6) is 1.19. The minimum Gasteiger partial charge on any atom is -0.507 e. The van der Waals surface area contributed by atoms with Gasteiger partial charge in [0.05, 0.1) is 0 Å². The number of aryl methyl sites for hydroxylation is 1. The Morgan fingerprint density at radius 2 is 2.00 bits per heavy atom. The molecule has 1 aromatic rings. The Balaban J connectivity index is 1.97. The number of phenolic OH excluding ortho intramolecular Hbond substituents is 1. The highest BCUT2D eigenvalue weighted by molar-refractivity contribution is 9.10. The lowest BCUT2D eigenvalue weighted by Gasteiger charge is -2.36. The fourth-order valence-electron chi connectivity index (χ4n) is 3.06. The summed E-state index contributed by atoms with van der Waals surface area (Å²) < 4.78 is 1.05. The van der Waals surface area contributed by atoms with Crippen LogP contribution < -0.4 is 5.32 Å². The molecule has 1 aliphatic heterocycles. The van der Waals surface area contributed by atoms with Gasteiger partial charge in [-0.1, -0.05) is 22.0 Å². The van der Waals surface area contributed by atoms with E-state index in [2.05, 4.69) is 32.2 Å². The lowest BCUT2D eigenvalue weighted by atomic mass is 9.97. The lowest BCUT2D eigenvalue weighted by molar-refractivity contribution is 0.153. The van der Waals surface area contributed by atoms with Gasteiger partial charge < -0.3 is 10.4 Å². The van der Waals surface area contributed by atoms with E-state index in [-0.39, 0.29) is 0 Å². The van der Waals surface area contributed by atoms with Gasteiger partial charge in [0.1, 0.15) is 5.75 Å². The van der Waals surface area contributed by atoms with Crippen LogP contribution in [0.1, 0.15) is 30.0 Å². The molecule has 0 spiro atoms. The standard InChI is InChI=1S/C15H21BrN2O/c1-10-2-5-12(16)13(15(10)19)14(11-3-4-11)18-8-6-17-7-9-18/h2,5,11,14,17,19H,3-4,6-9H2,1H3/t14-/m0/s1. The SMILES string of the molecule is Cc1ccc(Br)c([C@H](C2CC2)N2CCNCC2)c1O. The first-order valence-electron chi connectivity index (χ1n) is 7.11. The third-order valence-electron chi connectivity index (χ3n) is 4.27. The van der Waals surface area contributed by atoms with E-state index in [4.69, 9.17) is 0 Å². The van der Waals surface area contributed by atoms with Gasteiger partial charge in [0.25, 0.3) is 0 Å². The summed E-state index contributed by atoms with van der Waals surface area (Å²) in [7, 11) is 0. The first kappa shape index (κ1) is 13.4. The Bertz CT molecular complexity index is 467. The lowest BCUT2D eigenvalue weighted by Crippen LogP contribution is -2.45. The number of piperazine rings is 1. The number of phenols is 1. The number of nitrogens with zero attached hydrogens (tertiary/aromatic N) is 1. The molecule has 2 N–H and O–H groups in total. The second-order valence-electron chi connectivity index (χ2n) is 5.69. The first-order chi connectivity index (χ1) is 9.18. The fourth-order valence-corrected chi connectivity index (χ4v) is 3.62. The number of aromatic hydroxyl groups is 1. The van der Waals surface area contributed by atoms with E-state index in [0.29, 0.717) is 17.7 Å². The minimum absolute atomic E-state index is 0.372. The predicted molar refractivity (Wildman–Crippen MR) is 80.5 cm³/mol. The number of halogens is 1. The zero-order chi connectivity index (χ0) is 13.4. The van der Waals surface area contributed by atoms with Gasteiger partial charge in [-0.05, 0) is 37.3 Å². The van der Waals surface area contributed by atoms with Gasteiger partial charge in [-0.3, -0.25) is 4.90 Å². The van der Waals surface area contributed by atoms with E-state index in [1.807, 2.05) is 13.0 Å². The Kier molecular flexibility index (Phi) is 3.83. The van der Waals surface area contributed by atoms with Crippen LogP contribution in [-0.4, -0.2) is 36.2 Å². The molecule has 0 bridgehead atoms. The third-order valence-corrected chi connectivity index (χ3v) is 4.97. The monoisotopic (exact) mass is 324 g/mol. The quantitative estimate of drug-likeness (QED) is 0.897. The summed E-state index contributed by atoms with van der Waals surface area (Å²) in [6.45, 7) is 6.22. The van der Waals surface area contributed by atoms with Crippen LogP contribution in [0.5, 0.6) is 5.75 Å². The molecule has 1 atom stereocenters. The van der Waals surface area contributed by atoms with Crippen molar-refractivity contribution >= 4 is 15.9 Å². The summed E-state index contributed by atoms with van der Waals surface area (Å²) in [5, 5.41) is 13.9. The van der Waals surface area contributed by atoms with Crippen molar-refractivity contribution in [1.29, 1.82) is 0 Å². The van der Waals surface area contributed by atoms with Crippen molar-refractivity contribution in [1.82, 2.24) is 10.2 Å². The third kappa shape index (κ3) is 2.67. The predicted octanol–water partition coefficient (Wildman–Crippen LogP) is 2.82. The van der Waals surface area contributed by atoms with Gasteiger partial charge in [0, 0.05) is 42.3 Å². The average molecular weight is 325 g/mol. The molecule has 3 rings (SSSR count). The van der Waals surface area contributed by atoms with Crippen LogP contribution in [0.3, 0.4) is 0 Å². The van der Waals surface area contributed by atoms with Crippen LogP contribution in [0, 0.1) is 12.8 Å². The summed E-state index contributed by atoms with van der Waals surface area (Å²) in [6, 6.07) is 4.42. The van der Waals surface area contributed by atoms with E-state index in [9.17, 15) is 5.11 Å². The summed E-state index contributed by atoms with van der Waals surface area (Å²) in [6.07, 6.45) is 2.57. The van der Waals surface area contributed by atoms with Gasteiger partial charge >= 0.3 is 0 Å². The number of hydrogen-bond donors (Lipinski definition) is 2. The maximum absolute atomic E-state index is 10.5. The maximum atomic E-state index is 10.5. The van der Waals surface area contributed by atoms with E-state index in [0.717, 1.165) is 41.8 Å². The van der Waals surface area contributed by atoms with Gasteiger partial charge in [-0.25, -0.2) is 0 Å². The number of rotatable bonds is 3. The van der Waals surface area contributed by atoms with Crippen molar-refractivity contribution in [3.05, 3.63) is 27.7 Å². The molecule has 4 heteroatoms. The molecule has 19 heavy (non-hydrogen) atoms. The van der Waals surface area contributed by atoms with Crippen LogP contribution in [0.15, 0.2) is 16.6 Å². The van der Waals surface area contributed by atoms with Crippen molar-refractivity contribution in [3.63, 3.8) is 0 Å². The molecule has 2 fully saturated rings. The van der Waals surface area contributed by atoms with Crippen LogP contribution in [0.25, 0.3) is 0 Å². The van der Waals surface area contributed by atoms with Crippen LogP contribution in [0.2, 0.25) is 0 Å². The van der Waals surface area contributed by atoms with Crippen molar-refractivity contribution in [2.75, 3.05) is 26.2 Å². The Labute approximate surface area is 123 Å². The van der Waals surface area contributed by atoms with Crippen molar-refractivity contribution in [2.24, 2.45) is 5.92 Å². The normalized spacial score (nSPS) is 22.4. The molecule has 0 radical (unpaired) electrons. The van der Waals surface area contributed by atoms with E-state index in [1.165, 1.54) is 12.8 Å². The second-order valence-corrected chi connectivity index (χ2v) is 6.55. The average Bonchev–Trinajstić information content (AvgIpc) is 3.24. The molecule has 1 saturated heterocycles. The largest absolute Gasteiger partial charge is 0.507 e. The molecular weight excluding hydrogens is 304 g/mol. The van der Waals surface area contributed by atoms with Gasteiger partial charge in [-0.2, -0.15) is 0 Å². The van der Waals surface area contributed by atoms with E-state index >= 15 is 0 Å². The van der Waals surface area contributed by atoms with Crippen molar-refractivity contribution in [2.45, 2.75) is 25.8 Å². The summed E-state index contributed by atoms with van der Waals surface area (Å²) in [4.78, 5) is 2.54. The van der Waals surface area contributed by atoms with Gasteiger partial charge in [-0.15, -0.1) is 0 Å². The molecule has 0 aromatic heterocycles. The highest BCUT2D eigenvalue weighted by Crippen LogP contribution is 2.49. The molecule has 0 amide bonds. The van der Waals surface area contributed by atoms with E-state index in [1.54, 1.807) is 0 Å². The summed E-state index contributed by atoms with van der Waals surface area (Å²) >= 11 is 3.64. The smallest absolute Gasteiger partial charge is 0.124 e. The van der Waals surface area contributed by atoms with Crippen LogP contribution in [0.4, 0.5) is 0 Å². The molecule has 1 heterocycles. The van der Waals surface area contributed by atoms with Crippen molar-refractivity contribution in [3.8, 4) is 5.75 Å². The molecule has 1 aliphatic carbocycles. The maximum Gasteiger partial charge on any atom is 0.124 e. The highest BCUT2D eigenvalue weighted by Gasteiger charge is 2.39. The molecule has 1 saturated carbocycles. The summed E-state index contributed by atoms with van der Waals surface area (Å²) in [5.41, 5.74) is 2.07. The molecule has 0 unspecified atom stereocenters. The zero-order valence-electron chi connectivity index (χ0n) is 11.3. The molecule has 3 nitrogen and oxygen atoms in total. The first-order valence-corrected chi connectivity index (χ1v) is 7.90. The second kappa shape index (κ2) is 5.43. The van der Waals surface area contributed by atoms with Crippen LogP contribution in [-0.2, 0) is 0 Å². The molecular formula is C15H21BrN2O. The molecule has 1 aromatic carbocycles. The van der Waals surface area contributed by atoms with Crippen LogP contribution >= 0.6 is 15.9 Å². The van der Waals surface area contributed by atoms with E-state index < -0.39 is 0 Å². The Morgan fingerprint density at radius 3 is 2.63 bits per heavy atom. The topological polar surface area (TPSA) is 35.5 Å². The van der Waals surface area contributed by atoms with Gasteiger partial charge in [0.15, 0.2) is 0 Å². The Morgan fingerprint density at radius 1 is 1.32 bits per heavy atom. The van der Waals surface area contributed by atoms with Gasteiger partial charge in [0.2, 0.25) is 0 Å². The van der Waals surface area contributed by atoms with Crippen molar-refractivity contribution < 1.29 is 5.11 Å². The molecule has 2 aliphatic rings. The fraction of sp³-hybridized carbons (Fsp3) is 0.600. The number of nitrogens with one attached hydrogen (secondary N) is 1. The minimum atomic E-state index is 0.372.